The Morgan fingerprint density at radius 1 is 1.17 bits per heavy atom. The van der Waals surface area contributed by atoms with Gasteiger partial charge in [0.05, 0.1) is 18.1 Å². The van der Waals surface area contributed by atoms with Gasteiger partial charge in [-0.1, -0.05) is 0 Å². The molecule has 0 aliphatic carbocycles. The molecule has 0 aliphatic rings. The van der Waals surface area contributed by atoms with Gasteiger partial charge in [0.2, 0.25) is 0 Å². The van der Waals surface area contributed by atoms with Crippen LogP contribution in [0.1, 0.15) is 6.92 Å². The van der Waals surface area contributed by atoms with Gasteiger partial charge >= 0.3 is 6.18 Å². The maximum absolute atomic E-state index is 12.6. The number of pyridine rings is 1. The van der Waals surface area contributed by atoms with Crippen molar-refractivity contribution in [3.05, 3.63) is 30.7 Å². The van der Waals surface area contributed by atoms with Crippen LogP contribution in [-0.2, 0) is 0 Å². The highest BCUT2D eigenvalue weighted by atomic mass is 19.4. The highest BCUT2D eigenvalue weighted by molar-refractivity contribution is 5.63. The third kappa shape index (κ3) is 3.03. The van der Waals surface area contributed by atoms with E-state index in [1.165, 1.54) is 6.20 Å². The molecule has 4 N–H and O–H groups in total. The molecule has 1 unspecified atom stereocenters. The molecule has 0 amide bonds. The molecule has 7 nitrogen and oxygen atoms in total. The smallest absolute Gasteiger partial charge is 0.425 e. The third-order valence-corrected chi connectivity index (χ3v) is 3.28. The van der Waals surface area contributed by atoms with Gasteiger partial charge in [0.1, 0.15) is 11.5 Å². The van der Waals surface area contributed by atoms with Gasteiger partial charge < -0.3 is 20.6 Å². The molecule has 126 valence electrons. The van der Waals surface area contributed by atoms with Crippen LogP contribution in [0.3, 0.4) is 0 Å². The number of rotatable bonds is 3. The van der Waals surface area contributed by atoms with E-state index in [0.717, 1.165) is 6.92 Å². The Kier molecular flexibility index (Phi) is 3.66. The Balaban J connectivity index is 1.97. The van der Waals surface area contributed by atoms with E-state index in [2.05, 4.69) is 15.0 Å². The summed E-state index contributed by atoms with van der Waals surface area (Å²) in [6, 6.07) is 3.39. The van der Waals surface area contributed by atoms with Gasteiger partial charge in [0.15, 0.2) is 11.9 Å². The molecule has 3 rings (SSSR count). The molecule has 0 spiro atoms. The molecular weight excluding hydrogens is 325 g/mol. The quantitative estimate of drug-likeness (QED) is 0.759. The molecule has 10 heteroatoms. The molecule has 1 atom stereocenters. The lowest BCUT2D eigenvalue weighted by atomic mass is 10.2. The number of anilines is 2. The second-order valence-electron chi connectivity index (χ2n) is 5.10. The fraction of sp³-hybridized carbons (Fsp3) is 0.214. The average Bonchev–Trinajstić information content (AvgIpc) is 2.87. The largest absolute Gasteiger partial charge is 0.462 e. The first kappa shape index (κ1) is 15.8. The predicted octanol–water partition coefficient (Wildman–Crippen LogP) is 2.29. The molecule has 0 aliphatic heterocycles. The maximum Gasteiger partial charge on any atom is 0.425 e. The first-order valence-corrected chi connectivity index (χ1v) is 6.84. The Bertz CT molecular complexity index is 892. The van der Waals surface area contributed by atoms with Gasteiger partial charge in [0, 0.05) is 11.8 Å². The number of nitrogen functional groups attached to an aromatic ring is 2. The van der Waals surface area contributed by atoms with Crippen LogP contribution in [-0.4, -0.2) is 31.6 Å². The minimum absolute atomic E-state index is 0.220. The molecule has 24 heavy (non-hydrogen) atoms. The van der Waals surface area contributed by atoms with Gasteiger partial charge in [-0.05, 0) is 19.1 Å². The first-order chi connectivity index (χ1) is 11.2. The summed E-state index contributed by atoms with van der Waals surface area (Å²) in [6.45, 7) is 0.869. The summed E-state index contributed by atoms with van der Waals surface area (Å²) >= 11 is 0. The summed E-state index contributed by atoms with van der Waals surface area (Å²) < 4.78 is 44.4. The fourth-order valence-electron chi connectivity index (χ4n) is 2.00. The zero-order valence-electron chi connectivity index (χ0n) is 12.4. The standard InChI is InChI=1S/C14H13F3N6O/c1-7(14(15,16)17)24-13-12(19)20-4-9(21-13)8-2-3-11-22-10(18)6-23(11)5-8/h2-7H,18H2,1H3,(H2,19,20). The minimum atomic E-state index is -4.53. The summed E-state index contributed by atoms with van der Waals surface area (Å²) in [7, 11) is 0. The van der Waals surface area contributed by atoms with Crippen molar-refractivity contribution in [3.8, 4) is 17.1 Å². The summed E-state index contributed by atoms with van der Waals surface area (Å²) in [5, 5.41) is 0. The molecule has 0 radical (unpaired) electrons. The number of halogens is 3. The monoisotopic (exact) mass is 338 g/mol. The summed E-state index contributed by atoms with van der Waals surface area (Å²) in [5.74, 6) is -0.246. The molecule has 0 aromatic carbocycles. The fourth-order valence-corrected chi connectivity index (χ4v) is 2.00. The van der Waals surface area contributed by atoms with Crippen molar-refractivity contribution in [3.63, 3.8) is 0 Å². The average molecular weight is 338 g/mol. The number of ether oxygens (including phenoxy) is 1. The number of alkyl halides is 3. The van der Waals surface area contributed by atoms with Crippen molar-refractivity contribution in [2.45, 2.75) is 19.2 Å². The molecule has 3 aromatic rings. The molecule has 0 bridgehead atoms. The number of imidazole rings is 1. The zero-order chi connectivity index (χ0) is 17.5. The van der Waals surface area contributed by atoms with Crippen molar-refractivity contribution in [2.75, 3.05) is 11.5 Å². The van der Waals surface area contributed by atoms with Crippen LogP contribution in [0.5, 0.6) is 5.88 Å². The van der Waals surface area contributed by atoms with Crippen LogP contribution >= 0.6 is 0 Å². The number of nitrogens with two attached hydrogens (primary N) is 2. The highest BCUT2D eigenvalue weighted by Crippen LogP contribution is 2.28. The van der Waals surface area contributed by atoms with E-state index in [4.69, 9.17) is 16.2 Å². The van der Waals surface area contributed by atoms with Gasteiger partial charge in [-0.3, -0.25) is 0 Å². The van der Waals surface area contributed by atoms with Crippen LogP contribution in [0.4, 0.5) is 24.8 Å². The Hall–Kier alpha value is -3.04. The lowest BCUT2D eigenvalue weighted by Gasteiger charge is -2.17. The third-order valence-electron chi connectivity index (χ3n) is 3.28. The van der Waals surface area contributed by atoms with E-state index in [9.17, 15) is 13.2 Å². The number of aromatic nitrogens is 4. The Morgan fingerprint density at radius 2 is 1.92 bits per heavy atom. The lowest BCUT2D eigenvalue weighted by molar-refractivity contribution is -0.189. The summed E-state index contributed by atoms with van der Waals surface area (Å²) in [4.78, 5) is 12.0. The molecule has 0 fully saturated rings. The van der Waals surface area contributed by atoms with Crippen molar-refractivity contribution < 1.29 is 17.9 Å². The molecule has 3 aromatic heterocycles. The Labute approximate surface area is 134 Å². The predicted molar refractivity (Wildman–Crippen MR) is 81.2 cm³/mol. The number of hydrogen-bond donors (Lipinski definition) is 2. The summed E-state index contributed by atoms with van der Waals surface area (Å²) in [5.41, 5.74) is 12.7. The van der Waals surface area contributed by atoms with Crippen molar-refractivity contribution >= 4 is 17.3 Å². The molecule has 0 saturated carbocycles. The van der Waals surface area contributed by atoms with Crippen LogP contribution in [0, 0.1) is 0 Å². The minimum Gasteiger partial charge on any atom is -0.462 e. The SMILES string of the molecule is CC(Oc1nc(-c2ccc3nc(N)cn3c2)cnc1N)C(F)(F)F. The van der Waals surface area contributed by atoms with Crippen LogP contribution < -0.4 is 16.2 Å². The topological polar surface area (TPSA) is 104 Å². The molecule has 3 heterocycles. The zero-order valence-corrected chi connectivity index (χ0v) is 12.4. The normalized spacial score (nSPS) is 13.2. The van der Waals surface area contributed by atoms with E-state index in [1.54, 1.807) is 28.9 Å². The number of hydrogen-bond acceptors (Lipinski definition) is 6. The van der Waals surface area contributed by atoms with Crippen LogP contribution in [0.25, 0.3) is 16.9 Å². The van der Waals surface area contributed by atoms with E-state index in [1.807, 2.05) is 0 Å². The Morgan fingerprint density at radius 3 is 2.62 bits per heavy atom. The van der Waals surface area contributed by atoms with Gasteiger partial charge in [-0.25, -0.2) is 15.0 Å². The van der Waals surface area contributed by atoms with Crippen LogP contribution in [0.15, 0.2) is 30.7 Å². The number of nitrogens with zero attached hydrogens (tertiary/aromatic N) is 4. The van der Waals surface area contributed by atoms with Crippen LogP contribution in [0.2, 0.25) is 0 Å². The van der Waals surface area contributed by atoms with E-state index in [0.29, 0.717) is 22.7 Å². The van der Waals surface area contributed by atoms with E-state index >= 15 is 0 Å². The van der Waals surface area contributed by atoms with E-state index in [-0.39, 0.29) is 11.7 Å². The highest BCUT2D eigenvalue weighted by Gasteiger charge is 2.38. The second-order valence-corrected chi connectivity index (χ2v) is 5.10. The van der Waals surface area contributed by atoms with E-state index < -0.39 is 12.3 Å². The lowest BCUT2D eigenvalue weighted by Crippen LogP contribution is -2.31. The van der Waals surface area contributed by atoms with Gasteiger partial charge in [-0.2, -0.15) is 13.2 Å². The summed E-state index contributed by atoms with van der Waals surface area (Å²) in [6.07, 6.45) is -1.96. The second kappa shape index (κ2) is 5.55. The first-order valence-electron chi connectivity index (χ1n) is 6.84. The van der Waals surface area contributed by atoms with Gasteiger partial charge in [0.25, 0.3) is 5.88 Å². The van der Waals surface area contributed by atoms with Crippen molar-refractivity contribution in [1.82, 2.24) is 19.4 Å². The molecule has 0 saturated heterocycles. The van der Waals surface area contributed by atoms with Gasteiger partial charge in [-0.15, -0.1) is 0 Å². The molecular formula is C14H13F3N6O. The number of fused-ring (bicyclic) bond motifs is 1. The van der Waals surface area contributed by atoms with Crippen molar-refractivity contribution in [1.29, 1.82) is 0 Å². The van der Waals surface area contributed by atoms with Crippen molar-refractivity contribution in [2.24, 2.45) is 0 Å². The maximum atomic E-state index is 12.6.